The molecule has 0 spiro atoms. The number of carbonyl (C=O) groups is 1. The molecule has 1 atom stereocenters. The van der Waals surface area contributed by atoms with Gasteiger partial charge in [0.05, 0.1) is 19.3 Å². The summed E-state index contributed by atoms with van der Waals surface area (Å²) in [7, 11) is 0. The van der Waals surface area contributed by atoms with Gasteiger partial charge in [-0.15, -0.1) is 12.4 Å². The number of ether oxygens (including phenoxy) is 1. The van der Waals surface area contributed by atoms with Gasteiger partial charge in [0, 0.05) is 17.8 Å². The summed E-state index contributed by atoms with van der Waals surface area (Å²) in [4.78, 5) is 14.3. The highest BCUT2D eigenvalue weighted by Gasteiger charge is 2.25. The average Bonchev–Trinajstić information content (AvgIpc) is 2.32. The van der Waals surface area contributed by atoms with Gasteiger partial charge in [-0.3, -0.25) is 4.79 Å². The van der Waals surface area contributed by atoms with E-state index in [-0.39, 0.29) is 24.4 Å². The van der Waals surface area contributed by atoms with Crippen LogP contribution in [0.15, 0.2) is 18.2 Å². The maximum Gasteiger partial charge on any atom is 0.254 e. The smallest absolute Gasteiger partial charge is 0.254 e. The second-order valence-corrected chi connectivity index (χ2v) is 4.50. The average molecular weight is 271 g/mol. The quantitative estimate of drug-likeness (QED) is 0.793. The molecule has 1 aromatic carbocycles. The first-order valence-electron chi connectivity index (χ1n) is 5.84. The molecule has 1 aromatic rings. The number of benzene rings is 1. The number of nitrogens with zero attached hydrogens (tertiary/aromatic N) is 1. The van der Waals surface area contributed by atoms with E-state index in [4.69, 9.17) is 10.5 Å². The summed E-state index contributed by atoms with van der Waals surface area (Å²) in [5.41, 5.74) is 8.01. The molecule has 100 valence electrons. The minimum atomic E-state index is 0. The number of anilines is 1. The number of nitrogens with two attached hydrogens (primary N) is 1. The molecule has 0 radical (unpaired) electrons. The Morgan fingerprint density at radius 2 is 2.22 bits per heavy atom. The lowest BCUT2D eigenvalue weighted by Gasteiger charge is -2.33. The highest BCUT2D eigenvalue weighted by atomic mass is 35.5. The zero-order chi connectivity index (χ0) is 12.4. The van der Waals surface area contributed by atoms with Crippen molar-refractivity contribution in [3.63, 3.8) is 0 Å². The van der Waals surface area contributed by atoms with Gasteiger partial charge in [0.2, 0.25) is 0 Å². The minimum Gasteiger partial charge on any atom is -0.399 e. The number of halogens is 1. The van der Waals surface area contributed by atoms with Crippen LogP contribution >= 0.6 is 12.4 Å². The van der Waals surface area contributed by atoms with Gasteiger partial charge < -0.3 is 15.4 Å². The Morgan fingerprint density at radius 1 is 1.50 bits per heavy atom. The molecule has 18 heavy (non-hydrogen) atoms. The molecule has 1 fully saturated rings. The van der Waals surface area contributed by atoms with Crippen molar-refractivity contribution >= 4 is 24.0 Å². The van der Waals surface area contributed by atoms with Crippen molar-refractivity contribution in [1.29, 1.82) is 0 Å². The van der Waals surface area contributed by atoms with Crippen LogP contribution in [0.1, 0.15) is 22.8 Å². The van der Waals surface area contributed by atoms with Crippen molar-refractivity contribution < 1.29 is 9.53 Å². The van der Waals surface area contributed by atoms with Crippen molar-refractivity contribution in [3.8, 4) is 0 Å². The van der Waals surface area contributed by atoms with Gasteiger partial charge in [-0.05, 0) is 31.5 Å². The van der Waals surface area contributed by atoms with Gasteiger partial charge in [0.15, 0.2) is 0 Å². The summed E-state index contributed by atoms with van der Waals surface area (Å²) in [6, 6.07) is 5.57. The fourth-order valence-electron chi connectivity index (χ4n) is 2.05. The van der Waals surface area contributed by atoms with Crippen molar-refractivity contribution in [2.45, 2.75) is 19.9 Å². The largest absolute Gasteiger partial charge is 0.399 e. The number of hydrogen-bond acceptors (Lipinski definition) is 3. The van der Waals surface area contributed by atoms with Crippen LogP contribution in [0.2, 0.25) is 0 Å². The molecule has 0 saturated carbocycles. The van der Waals surface area contributed by atoms with E-state index >= 15 is 0 Å². The van der Waals surface area contributed by atoms with Crippen molar-refractivity contribution in [2.24, 2.45) is 0 Å². The van der Waals surface area contributed by atoms with Gasteiger partial charge >= 0.3 is 0 Å². The molecule has 1 aliphatic rings. The van der Waals surface area contributed by atoms with E-state index in [9.17, 15) is 4.79 Å². The normalized spacial score (nSPS) is 19.2. The molecule has 4 nitrogen and oxygen atoms in total. The van der Waals surface area contributed by atoms with Gasteiger partial charge in [-0.25, -0.2) is 0 Å². The Hall–Kier alpha value is -1.26. The highest BCUT2D eigenvalue weighted by molar-refractivity contribution is 5.96. The predicted octanol–water partition coefficient (Wildman–Crippen LogP) is 1.86. The van der Waals surface area contributed by atoms with Gasteiger partial charge in [0.25, 0.3) is 5.91 Å². The number of hydrogen-bond donors (Lipinski definition) is 1. The van der Waals surface area contributed by atoms with E-state index in [1.54, 1.807) is 6.07 Å². The molecule has 1 saturated heterocycles. The Labute approximate surface area is 114 Å². The molecule has 5 heteroatoms. The molecule has 0 aliphatic carbocycles. The number of morpholine rings is 1. The summed E-state index contributed by atoms with van der Waals surface area (Å²) >= 11 is 0. The fraction of sp³-hybridized carbons (Fsp3) is 0.462. The van der Waals surface area contributed by atoms with Gasteiger partial charge in [0.1, 0.15) is 0 Å². The number of carbonyl (C=O) groups excluding carboxylic acids is 1. The summed E-state index contributed by atoms with van der Waals surface area (Å²) in [6.45, 7) is 5.79. The van der Waals surface area contributed by atoms with E-state index in [1.165, 1.54) is 0 Å². The number of amides is 1. The standard InChI is InChI=1S/C13H18N2O2.ClH/c1-9-3-4-11(14)7-12(9)13(16)15-5-6-17-8-10(15)2;/h3-4,7,10H,5-6,8,14H2,1-2H3;1H. The van der Waals surface area contributed by atoms with Gasteiger partial charge in [-0.1, -0.05) is 6.07 Å². The maximum atomic E-state index is 12.4. The summed E-state index contributed by atoms with van der Waals surface area (Å²) in [6.07, 6.45) is 0. The molecule has 0 bridgehead atoms. The van der Waals surface area contributed by atoms with Crippen LogP contribution in [0.25, 0.3) is 0 Å². The lowest BCUT2D eigenvalue weighted by atomic mass is 10.1. The molecule has 2 N–H and O–H groups in total. The Morgan fingerprint density at radius 3 is 2.89 bits per heavy atom. The Balaban J connectivity index is 0.00000162. The number of nitrogen functional groups attached to an aromatic ring is 1. The molecule has 1 heterocycles. The van der Waals surface area contributed by atoms with Crippen LogP contribution < -0.4 is 5.73 Å². The molecular formula is C13H19ClN2O2. The van der Waals surface area contributed by atoms with Crippen LogP contribution in [0.5, 0.6) is 0 Å². The zero-order valence-electron chi connectivity index (χ0n) is 10.7. The van der Waals surface area contributed by atoms with Crippen LogP contribution in [0.4, 0.5) is 5.69 Å². The monoisotopic (exact) mass is 270 g/mol. The third kappa shape index (κ3) is 2.94. The zero-order valence-corrected chi connectivity index (χ0v) is 11.5. The third-order valence-electron chi connectivity index (χ3n) is 3.12. The van der Waals surface area contributed by atoms with Gasteiger partial charge in [-0.2, -0.15) is 0 Å². The predicted molar refractivity (Wildman–Crippen MR) is 74.2 cm³/mol. The van der Waals surface area contributed by atoms with Crippen molar-refractivity contribution in [1.82, 2.24) is 4.90 Å². The molecule has 1 amide bonds. The van der Waals surface area contributed by atoms with Crippen molar-refractivity contribution in [3.05, 3.63) is 29.3 Å². The summed E-state index contributed by atoms with van der Waals surface area (Å²) in [5.74, 6) is 0.0469. The lowest BCUT2D eigenvalue weighted by Crippen LogP contribution is -2.47. The first-order chi connectivity index (χ1) is 8.09. The first-order valence-corrected chi connectivity index (χ1v) is 5.84. The lowest BCUT2D eigenvalue weighted by molar-refractivity contribution is 0.00356. The van der Waals surface area contributed by atoms with E-state index in [0.29, 0.717) is 31.0 Å². The topological polar surface area (TPSA) is 55.6 Å². The first kappa shape index (κ1) is 14.8. The third-order valence-corrected chi connectivity index (χ3v) is 3.12. The molecular weight excluding hydrogens is 252 g/mol. The summed E-state index contributed by atoms with van der Waals surface area (Å²) in [5, 5.41) is 0. The molecule has 1 unspecified atom stereocenters. The SMILES string of the molecule is Cc1ccc(N)cc1C(=O)N1CCOCC1C.Cl. The maximum absolute atomic E-state index is 12.4. The summed E-state index contributed by atoms with van der Waals surface area (Å²) < 4.78 is 5.33. The fourth-order valence-corrected chi connectivity index (χ4v) is 2.05. The molecule has 0 aromatic heterocycles. The van der Waals surface area contributed by atoms with Crippen molar-refractivity contribution in [2.75, 3.05) is 25.5 Å². The van der Waals surface area contributed by atoms with Crippen LogP contribution in [-0.2, 0) is 4.74 Å². The minimum absolute atomic E-state index is 0. The van der Waals surface area contributed by atoms with E-state index in [1.807, 2.05) is 30.9 Å². The second-order valence-electron chi connectivity index (χ2n) is 4.50. The van der Waals surface area contributed by atoms with E-state index in [0.717, 1.165) is 5.56 Å². The number of aryl methyl sites for hydroxylation is 1. The van der Waals surface area contributed by atoms with E-state index in [2.05, 4.69) is 0 Å². The van der Waals surface area contributed by atoms with E-state index < -0.39 is 0 Å². The second kappa shape index (κ2) is 6.07. The highest BCUT2D eigenvalue weighted by Crippen LogP contribution is 2.17. The molecule has 1 aliphatic heterocycles. The Kier molecular flexibility index (Phi) is 4.99. The van der Waals surface area contributed by atoms with Crippen LogP contribution in [0, 0.1) is 6.92 Å². The van der Waals surface area contributed by atoms with Crippen LogP contribution in [-0.4, -0.2) is 36.6 Å². The van der Waals surface area contributed by atoms with Crippen LogP contribution in [0.3, 0.4) is 0 Å². The number of rotatable bonds is 1. The Bertz CT molecular complexity index is 437. The molecule has 2 rings (SSSR count).